The van der Waals surface area contributed by atoms with E-state index in [2.05, 4.69) is 0 Å². The van der Waals surface area contributed by atoms with Gasteiger partial charge in [0.05, 0.1) is 7.98 Å². The highest BCUT2D eigenvalue weighted by Crippen LogP contribution is 2.23. The number of carbonyl (C=O) groups is 2. The Kier molecular flexibility index (Phi) is 6.56. The summed E-state index contributed by atoms with van der Waals surface area (Å²) in [7, 11) is 0. The van der Waals surface area contributed by atoms with Crippen molar-refractivity contribution in [2.24, 2.45) is 0 Å². The van der Waals surface area contributed by atoms with Crippen LogP contribution in [0.15, 0.2) is 0 Å². The van der Waals surface area contributed by atoms with Crippen molar-refractivity contribution in [3.63, 3.8) is 0 Å². The number of aliphatic carboxylic acids is 1. The Hall–Kier alpha value is -1.22. The van der Waals surface area contributed by atoms with E-state index in [-0.39, 0.29) is 0 Å². The molecule has 0 spiro atoms. The number of rotatable bonds is 7. The minimum atomic E-state index is -3.17. The molecule has 1 aliphatic heterocycles. The highest BCUT2D eigenvalue weighted by atomic mass is 16.5. The molecular weight excluding hydrogens is 336 g/mol. The lowest BCUT2D eigenvalue weighted by molar-refractivity contribution is -0.231. The molecule has 12 nitrogen and oxygen atoms in total. The lowest BCUT2D eigenvalue weighted by Gasteiger charge is -2.40. The van der Waals surface area contributed by atoms with Crippen molar-refractivity contribution in [3.8, 4) is 0 Å². The third-order valence-corrected chi connectivity index (χ3v) is 3.54. The zero-order valence-electron chi connectivity index (χ0n) is 13.1. The van der Waals surface area contributed by atoms with Gasteiger partial charge in [0.2, 0.25) is 0 Å². The molecule has 9 atom stereocenters. The van der Waals surface area contributed by atoms with E-state index in [1.165, 1.54) is 0 Å². The van der Waals surface area contributed by atoms with Crippen molar-refractivity contribution < 1.29 is 61.7 Å². The van der Waals surface area contributed by atoms with Crippen molar-refractivity contribution in [2.45, 2.75) is 54.9 Å². The monoisotopic (exact) mass is 357 g/mol. The van der Waals surface area contributed by atoms with Gasteiger partial charge in [-0.2, -0.15) is 0 Å². The number of hydrogen-bond acceptors (Lipinski definition) is 11. The first kappa shape index (κ1) is 19.1. The lowest BCUT2D eigenvalue weighted by atomic mass is 9.89. The predicted octanol–water partition coefficient (Wildman–Crippen LogP) is -6.07. The second kappa shape index (κ2) is 8.24. The summed E-state index contributed by atoms with van der Waals surface area (Å²) in [6.45, 7) is -0.974. The van der Waals surface area contributed by atoms with Crippen LogP contribution in [-0.4, -0.2) is 119 Å². The largest absolute Gasteiger partial charge is 0.479 e. The summed E-state index contributed by atoms with van der Waals surface area (Å²) in [6.07, 6.45) is -21.7. The van der Waals surface area contributed by atoms with Crippen LogP contribution in [-0.2, 0) is 14.3 Å². The van der Waals surface area contributed by atoms with Gasteiger partial charge in [0.15, 0.2) is 11.9 Å². The van der Waals surface area contributed by atoms with Gasteiger partial charge >= 0.3 is 5.97 Å². The van der Waals surface area contributed by atoms with Crippen LogP contribution in [0.2, 0.25) is 0 Å². The maximum atomic E-state index is 12.2. The molecular formula is C12H20O12. The second-order valence-corrected chi connectivity index (χ2v) is 5.20. The molecule has 1 fully saturated rings. The minimum Gasteiger partial charge on any atom is -0.479 e. The van der Waals surface area contributed by atoms with Crippen molar-refractivity contribution in [1.29, 1.82) is 0 Å². The molecule has 0 bridgehead atoms. The molecule has 0 aromatic carbocycles. The number of ether oxygens (including phenoxy) is 1. The topological polar surface area (TPSA) is 225 Å². The molecule has 0 radical (unpaired) electrons. The highest BCUT2D eigenvalue weighted by molar-refractivity contribution is 5.88. The predicted molar refractivity (Wildman–Crippen MR) is 70.4 cm³/mol. The van der Waals surface area contributed by atoms with Gasteiger partial charge in [-0.25, -0.2) is 4.79 Å². The Morgan fingerprint density at radius 2 is 1.46 bits per heavy atom. The van der Waals surface area contributed by atoms with Crippen LogP contribution in [0.1, 0.15) is 1.37 Å². The van der Waals surface area contributed by atoms with Gasteiger partial charge in [0.1, 0.15) is 48.8 Å². The van der Waals surface area contributed by atoms with E-state index in [4.69, 9.17) is 21.4 Å². The third-order valence-electron chi connectivity index (χ3n) is 3.54. The van der Waals surface area contributed by atoms with E-state index < -0.39 is 73.3 Å². The summed E-state index contributed by atoms with van der Waals surface area (Å²) < 4.78 is 12.5. The van der Waals surface area contributed by atoms with E-state index in [1.807, 2.05) is 0 Å². The quantitative estimate of drug-likeness (QED) is 0.207. The van der Waals surface area contributed by atoms with Crippen LogP contribution in [0.25, 0.3) is 0 Å². The van der Waals surface area contributed by atoms with Gasteiger partial charge in [0, 0.05) is 0 Å². The molecule has 12 heteroatoms. The molecule has 1 unspecified atom stereocenters. The van der Waals surface area contributed by atoms with Crippen LogP contribution in [0.5, 0.6) is 0 Å². The SMILES string of the molecule is [2H]C1(C(=O)[C@H](O)[C@@H](O)[C@H](O)[C@H](O)C(=O)O)O[C@H](CO)[C@@H](O)[C@H](O)[C@H]1O. The average molecular weight is 357 g/mol. The van der Waals surface area contributed by atoms with Gasteiger partial charge in [-0.05, 0) is 0 Å². The highest BCUT2D eigenvalue weighted by Gasteiger charge is 2.49. The molecule has 0 amide bonds. The Labute approximate surface area is 136 Å². The second-order valence-electron chi connectivity index (χ2n) is 5.20. The Morgan fingerprint density at radius 1 is 0.958 bits per heavy atom. The number of carbonyl (C=O) groups excluding carboxylic acids is 1. The molecule has 140 valence electrons. The van der Waals surface area contributed by atoms with Gasteiger partial charge < -0.3 is 50.7 Å². The number of Topliss-reactive ketones (excluding diaryl/α,β-unsaturated/α-hetero) is 1. The molecule has 1 rings (SSSR count). The average Bonchev–Trinajstić information content (AvgIpc) is 2.59. The molecule has 0 saturated carbocycles. The van der Waals surface area contributed by atoms with Crippen LogP contribution in [0.4, 0.5) is 0 Å². The lowest BCUT2D eigenvalue weighted by Crippen LogP contribution is -2.63. The zero-order chi connectivity index (χ0) is 19.7. The Morgan fingerprint density at radius 3 is 1.92 bits per heavy atom. The molecule has 0 aliphatic carbocycles. The normalized spacial score (nSPS) is 39.4. The standard InChI is InChI=1S/C12H20O12/c13-1-2-3(14)4(15)8(19)11(24-2)9(20)6(17)5(16)7(18)10(21)12(22)23/h2-8,10-11,13-19,21H,1H2,(H,22,23)/t2-,3-,4+,5-,6-,7+,8-,10+,11?/m1/s1/i11D. The van der Waals surface area contributed by atoms with E-state index in [0.29, 0.717) is 0 Å². The Bertz CT molecular complexity index is 500. The fourth-order valence-corrected chi connectivity index (χ4v) is 2.03. The summed E-state index contributed by atoms with van der Waals surface area (Å²) >= 11 is 0. The summed E-state index contributed by atoms with van der Waals surface area (Å²) in [4.78, 5) is 22.7. The summed E-state index contributed by atoms with van der Waals surface area (Å²) in [6, 6.07) is 0. The maximum Gasteiger partial charge on any atom is 0.335 e. The smallest absolute Gasteiger partial charge is 0.335 e. The Balaban J connectivity index is 3.04. The molecule has 0 aromatic rings. The van der Waals surface area contributed by atoms with Crippen molar-refractivity contribution in [2.75, 3.05) is 6.61 Å². The summed E-state index contributed by atoms with van der Waals surface area (Å²) in [5.74, 6) is -3.78. The van der Waals surface area contributed by atoms with Crippen LogP contribution in [0, 0.1) is 0 Å². The molecule has 1 heterocycles. The first-order valence-corrected chi connectivity index (χ1v) is 6.72. The summed E-state index contributed by atoms with van der Waals surface area (Å²) in [5, 5.41) is 84.5. The van der Waals surface area contributed by atoms with Crippen LogP contribution in [0.3, 0.4) is 0 Å². The summed E-state index contributed by atoms with van der Waals surface area (Å²) in [5.41, 5.74) is 0. The van der Waals surface area contributed by atoms with Gasteiger partial charge in [0.25, 0.3) is 0 Å². The molecule has 1 aliphatic rings. The molecule has 1 saturated heterocycles. The van der Waals surface area contributed by atoms with E-state index in [1.54, 1.807) is 0 Å². The van der Waals surface area contributed by atoms with E-state index in [9.17, 15) is 40.2 Å². The molecule has 24 heavy (non-hydrogen) atoms. The van der Waals surface area contributed by atoms with Crippen LogP contribution >= 0.6 is 0 Å². The number of hydrogen-bond donors (Lipinski definition) is 9. The first-order chi connectivity index (χ1) is 11.4. The van der Waals surface area contributed by atoms with E-state index >= 15 is 0 Å². The van der Waals surface area contributed by atoms with Gasteiger partial charge in [-0.3, -0.25) is 4.79 Å². The van der Waals surface area contributed by atoms with Crippen molar-refractivity contribution >= 4 is 11.8 Å². The molecule has 0 aromatic heterocycles. The van der Waals surface area contributed by atoms with Crippen molar-refractivity contribution in [1.82, 2.24) is 0 Å². The number of aliphatic hydroxyl groups is 8. The number of ketones is 1. The zero-order valence-corrected chi connectivity index (χ0v) is 12.1. The molecule has 9 N–H and O–H groups in total. The van der Waals surface area contributed by atoms with Crippen molar-refractivity contribution in [3.05, 3.63) is 0 Å². The number of carboxylic acids is 1. The number of carboxylic acid groups (broad SMARTS) is 1. The van der Waals surface area contributed by atoms with E-state index in [0.717, 1.165) is 0 Å². The van der Waals surface area contributed by atoms with Crippen LogP contribution < -0.4 is 0 Å². The maximum absolute atomic E-state index is 12.2. The fraction of sp³-hybridized carbons (Fsp3) is 0.833. The minimum absolute atomic E-state index is 0.974. The number of aliphatic hydroxyl groups excluding tert-OH is 8. The first-order valence-electron chi connectivity index (χ1n) is 7.22. The van der Waals surface area contributed by atoms with Gasteiger partial charge in [-0.15, -0.1) is 0 Å². The fourth-order valence-electron chi connectivity index (χ4n) is 2.03. The van der Waals surface area contributed by atoms with Gasteiger partial charge in [-0.1, -0.05) is 0 Å². The third kappa shape index (κ3) is 4.05.